The Morgan fingerprint density at radius 1 is 1.42 bits per heavy atom. The highest BCUT2D eigenvalue weighted by atomic mass is 32.1. The zero-order chi connectivity index (χ0) is 18.1. The molecular weight excluding hydrogens is 352 g/mol. The van der Waals surface area contributed by atoms with E-state index in [2.05, 4.69) is 10.2 Å². The Bertz CT molecular complexity index is 799. The van der Waals surface area contributed by atoms with Gasteiger partial charge in [0.1, 0.15) is 0 Å². The number of thiazole rings is 1. The minimum atomic E-state index is -0.151. The van der Waals surface area contributed by atoms with Crippen LogP contribution in [-0.4, -0.2) is 67.5 Å². The molecule has 4 rings (SSSR count). The SMILES string of the molecule is CN(CC1(CO)CC1)C(=O)Nc1ccc2nc(N3CCOCC3)sc2c1. The number of aromatic nitrogens is 1. The van der Waals surface area contributed by atoms with Gasteiger partial charge in [-0.05, 0) is 31.0 Å². The number of anilines is 2. The van der Waals surface area contributed by atoms with Gasteiger partial charge in [0.15, 0.2) is 5.13 Å². The van der Waals surface area contributed by atoms with E-state index >= 15 is 0 Å². The third kappa shape index (κ3) is 3.62. The average Bonchev–Trinajstić information content (AvgIpc) is 3.30. The van der Waals surface area contributed by atoms with Gasteiger partial charge in [-0.3, -0.25) is 0 Å². The van der Waals surface area contributed by atoms with Crippen LogP contribution >= 0.6 is 11.3 Å². The van der Waals surface area contributed by atoms with Crippen molar-refractivity contribution in [3.63, 3.8) is 0 Å². The van der Waals surface area contributed by atoms with Crippen molar-refractivity contribution >= 4 is 38.4 Å². The summed E-state index contributed by atoms with van der Waals surface area (Å²) in [5.41, 5.74) is 1.63. The van der Waals surface area contributed by atoms with E-state index in [1.165, 1.54) is 0 Å². The fourth-order valence-corrected chi connectivity index (χ4v) is 4.27. The van der Waals surface area contributed by atoms with Crippen molar-refractivity contribution in [1.29, 1.82) is 0 Å². The van der Waals surface area contributed by atoms with E-state index in [0.717, 1.165) is 60.2 Å². The van der Waals surface area contributed by atoms with Crippen LogP contribution in [0.1, 0.15) is 12.8 Å². The largest absolute Gasteiger partial charge is 0.396 e. The lowest BCUT2D eigenvalue weighted by Crippen LogP contribution is -2.37. The Kier molecular flexibility index (Phi) is 4.73. The van der Waals surface area contributed by atoms with E-state index < -0.39 is 0 Å². The number of carbonyl (C=O) groups excluding carboxylic acids is 1. The van der Waals surface area contributed by atoms with Crippen LogP contribution in [0.3, 0.4) is 0 Å². The highest BCUT2D eigenvalue weighted by Crippen LogP contribution is 2.45. The Morgan fingerprint density at radius 2 is 2.19 bits per heavy atom. The fraction of sp³-hybridized carbons (Fsp3) is 0.556. The normalized spacial score (nSPS) is 18.8. The van der Waals surface area contributed by atoms with Crippen molar-refractivity contribution in [1.82, 2.24) is 9.88 Å². The van der Waals surface area contributed by atoms with E-state index in [1.807, 2.05) is 18.2 Å². The number of nitrogens with zero attached hydrogens (tertiary/aromatic N) is 3. The number of ether oxygens (including phenoxy) is 1. The van der Waals surface area contributed by atoms with Gasteiger partial charge < -0.3 is 25.0 Å². The topological polar surface area (TPSA) is 77.9 Å². The van der Waals surface area contributed by atoms with E-state index in [9.17, 15) is 9.90 Å². The maximum atomic E-state index is 12.4. The molecule has 1 aliphatic heterocycles. The van der Waals surface area contributed by atoms with Gasteiger partial charge in [-0.1, -0.05) is 11.3 Å². The maximum absolute atomic E-state index is 12.4. The molecule has 2 N–H and O–H groups in total. The van der Waals surface area contributed by atoms with Gasteiger partial charge in [0.2, 0.25) is 0 Å². The first-order valence-electron chi connectivity index (χ1n) is 8.95. The summed E-state index contributed by atoms with van der Waals surface area (Å²) >= 11 is 1.64. The molecule has 0 radical (unpaired) electrons. The molecule has 0 atom stereocenters. The summed E-state index contributed by atoms with van der Waals surface area (Å²) in [6.45, 7) is 3.92. The van der Waals surface area contributed by atoms with Crippen molar-refractivity contribution < 1.29 is 14.6 Å². The van der Waals surface area contributed by atoms with Gasteiger partial charge in [0.05, 0.1) is 30.0 Å². The molecule has 1 aliphatic carbocycles. The van der Waals surface area contributed by atoms with Crippen LogP contribution in [0.15, 0.2) is 18.2 Å². The summed E-state index contributed by atoms with van der Waals surface area (Å²) in [7, 11) is 1.77. The minimum absolute atomic E-state index is 0.0826. The molecule has 1 saturated carbocycles. The molecule has 1 saturated heterocycles. The molecule has 2 fully saturated rings. The Labute approximate surface area is 156 Å². The van der Waals surface area contributed by atoms with E-state index in [1.54, 1.807) is 23.3 Å². The lowest BCUT2D eigenvalue weighted by atomic mass is 10.1. The van der Waals surface area contributed by atoms with Crippen LogP contribution in [-0.2, 0) is 4.74 Å². The van der Waals surface area contributed by atoms with Crippen LogP contribution in [0.25, 0.3) is 10.2 Å². The van der Waals surface area contributed by atoms with Gasteiger partial charge >= 0.3 is 6.03 Å². The smallest absolute Gasteiger partial charge is 0.321 e. The standard InChI is InChI=1S/C18H24N4O3S/c1-21(11-18(12-23)4-5-18)16(24)19-13-2-3-14-15(10-13)26-17(20-14)22-6-8-25-9-7-22/h2-3,10,23H,4-9,11-12H2,1H3,(H,19,24). The number of nitrogens with one attached hydrogen (secondary N) is 1. The molecule has 2 aliphatic rings. The zero-order valence-electron chi connectivity index (χ0n) is 14.9. The molecule has 0 unspecified atom stereocenters. The number of benzene rings is 1. The van der Waals surface area contributed by atoms with Crippen molar-refractivity contribution in [2.75, 3.05) is 56.7 Å². The summed E-state index contributed by atoms with van der Waals surface area (Å²) in [6, 6.07) is 5.65. The van der Waals surface area contributed by atoms with Crippen molar-refractivity contribution in [2.45, 2.75) is 12.8 Å². The summed E-state index contributed by atoms with van der Waals surface area (Å²) in [5.74, 6) is 0. The third-order valence-corrected chi connectivity index (χ3v) is 6.20. The second kappa shape index (κ2) is 7.02. The molecule has 2 heterocycles. The fourth-order valence-electron chi connectivity index (χ4n) is 3.22. The lowest BCUT2D eigenvalue weighted by molar-refractivity contribution is 0.122. The van der Waals surface area contributed by atoms with Crippen LogP contribution in [0, 0.1) is 5.41 Å². The number of fused-ring (bicyclic) bond motifs is 1. The number of hydrogen-bond donors (Lipinski definition) is 2. The molecule has 0 spiro atoms. The Morgan fingerprint density at radius 3 is 2.88 bits per heavy atom. The number of urea groups is 1. The van der Waals surface area contributed by atoms with Gasteiger partial charge in [-0.15, -0.1) is 0 Å². The number of hydrogen-bond acceptors (Lipinski definition) is 6. The second-order valence-corrected chi connectivity index (χ2v) is 8.23. The number of amides is 2. The quantitative estimate of drug-likeness (QED) is 0.838. The number of morpholine rings is 1. The summed E-state index contributed by atoms with van der Waals surface area (Å²) < 4.78 is 6.45. The van der Waals surface area contributed by atoms with Gasteiger partial charge in [0, 0.05) is 37.8 Å². The molecule has 8 heteroatoms. The monoisotopic (exact) mass is 376 g/mol. The molecule has 2 amide bonds. The molecule has 140 valence electrons. The summed E-state index contributed by atoms with van der Waals surface area (Å²) in [6.07, 6.45) is 1.97. The van der Waals surface area contributed by atoms with E-state index in [-0.39, 0.29) is 18.1 Å². The van der Waals surface area contributed by atoms with Crippen LogP contribution in [0.5, 0.6) is 0 Å². The minimum Gasteiger partial charge on any atom is -0.396 e. The first-order chi connectivity index (χ1) is 12.6. The van der Waals surface area contributed by atoms with E-state index in [4.69, 9.17) is 9.72 Å². The van der Waals surface area contributed by atoms with Crippen molar-refractivity contribution in [3.05, 3.63) is 18.2 Å². The molecular formula is C18H24N4O3S. The first kappa shape index (κ1) is 17.5. The molecule has 26 heavy (non-hydrogen) atoms. The van der Waals surface area contributed by atoms with Gasteiger partial charge in [-0.2, -0.15) is 0 Å². The molecule has 7 nitrogen and oxygen atoms in total. The highest BCUT2D eigenvalue weighted by Gasteiger charge is 2.43. The van der Waals surface area contributed by atoms with Crippen LogP contribution in [0.4, 0.5) is 15.6 Å². The number of aliphatic hydroxyl groups is 1. The summed E-state index contributed by atoms with van der Waals surface area (Å²) in [4.78, 5) is 21.0. The van der Waals surface area contributed by atoms with Gasteiger partial charge in [-0.25, -0.2) is 9.78 Å². The predicted molar refractivity (Wildman–Crippen MR) is 103 cm³/mol. The molecule has 0 bridgehead atoms. The third-order valence-electron chi connectivity index (χ3n) is 5.12. The molecule has 1 aromatic carbocycles. The average molecular weight is 376 g/mol. The van der Waals surface area contributed by atoms with Crippen molar-refractivity contribution in [3.8, 4) is 0 Å². The van der Waals surface area contributed by atoms with Crippen molar-refractivity contribution in [2.24, 2.45) is 5.41 Å². The number of rotatable bonds is 5. The molecule has 1 aromatic heterocycles. The van der Waals surface area contributed by atoms with E-state index in [0.29, 0.717) is 6.54 Å². The highest BCUT2D eigenvalue weighted by molar-refractivity contribution is 7.22. The number of aliphatic hydroxyl groups excluding tert-OH is 1. The maximum Gasteiger partial charge on any atom is 0.321 e. The first-order valence-corrected chi connectivity index (χ1v) is 9.77. The lowest BCUT2D eigenvalue weighted by Gasteiger charge is -2.25. The Balaban J connectivity index is 1.44. The second-order valence-electron chi connectivity index (χ2n) is 7.22. The van der Waals surface area contributed by atoms with Crippen LogP contribution < -0.4 is 10.2 Å². The Hall–Kier alpha value is -1.90. The van der Waals surface area contributed by atoms with Gasteiger partial charge in [0.25, 0.3) is 0 Å². The van der Waals surface area contributed by atoms with Crippen LogP contribution in [0.2, 0.25) is 0 Å². The zero-order valence-corrected chi connectivity index (χ0v) is 15.7. The summed E-state index contributed by atoms with van der Waals surface area (Å²) in [5, 5.41) is 13.4. The number of carbonyl (C=O) groups is 1. The molecule has 2 aromatic rings. The predicted octanol–water partition coefficient (Wildman–Crippen LogP) is 2.37.